The number of halogens is 1. The Morgan fingerprint density at radius 2 is 1.97 bits per heavy atom. The van der Waals surface area contributed by atoms with Gasteiger partial charge in [0.15, 0.2) is 0 Å². The van der Waals surface area contributed by atoms with Crippen molar-refractivity contribution in [3.63, 3.8) is 0 Å². The number of ether oxygens (including phenoxy) is 1. The summed E-state index contributed by atoms with van der Waals surface area (Å²) in [5, 5.41) is 10.4. The SMILES string of the molecule is O=C(Nc1cccc(COCc2ccco2)c1)c1cn[nH]c1-c1ccc(Cl)cc1. The second-order valence-electron chi connectivity index (χ2n) is 6.39. The number of hydrogen-bond donors (Lipinski definition) is 2. The molecule has 146 valence electrons. The minimum atomic E-state index is -0.252. The molecule has 0 atom stereocenters. The van der Waals surface area contributed by atoms with E-state index in [9.17, 15) is 4.79 Å². The van der Waals surface area contributed by atoms with E-state index in [-0.39, 0.29) is 5.91 Å². The Bertz CT molecular complexity index is 1090. The average molecular weight is 408 g/mol. The van der Waals surface area contributed by atoms with Crippen LogP contribution >= 0.6 is 11.6 Å². The molecule has 0 aliphatic heterocycles. The normalized spacial score (nSPS) is 10.8. The third kappa shape index (κ3) is 4.74. The van der Waals surface area contributed by atoms with Gasteiger partial charge in [-0.25, -0.2) is 0 Å². The molecular weight excluding hydrogens is 390 g/mol. The molecule has 7 heteroatoms. The lowest BCUT2D eigenvalue weighted by molar-refractivity contribution is 0.0929. The van der Waals surface area contributed by atoms with Gasteiger partial charge in [0, 0.05) is 16.3 Å². The Hall–Kier alpha value is -3.35. The number of amides is 1. The molecule has 0 aliphatic carbocycles. The van der Waals surface area contributed by atoms with Crippen LogP contribution in [0.1, 0.15) is 21.7 Å². The summed E-state index contributed by atoms with van der Waals surface area (Å²) in [6.07, 6.45) is 3.12. The fraction of sp³-hybridized carbons (Fsp3) is 0.0909. The van der Waals surface area contributed by atoms with Gasteiger partial charge in [0.1, 0.15) is 12.4 Å². The number of H-pyrrole nitrogens is 1. The zero-order chi connectivity index (χ0) is 20.1. The van der Waals surface area contributed by atoms with Crippen LogP contribution in [0.4, 0.5) is 5.69 Å². The third-order valence-electron chi connectivity index (χ3n) is 4.29. The molecular formula is C22H18ClN3O3. The fourth-order valence-corrected chi connectivity index (χ4v) is 3.02. The molecule has 0 radical (unpaired) electrons. The van der Waals surface area contributed by atoms with Gasteiger partial charge in [-0.2, -0.15) is 5.10 Å². The van der Waals surface area contributed by atoms with Crippen LogP contribution in [0.3, 0.4) is 0 Å². The molecule has 2 heterocycles. The summed E-state index contributed by atoms with van der Waals surface area (Å²) < 4.78 is 10.9. The molecule has 2 aromatic heterocycles. The van der Waals surface area contributed by atoms with Crippen LogP contribution < -0.4 is 5.32 Å². The summed E-state index contributed by atoms with van der Waals surface area (Å²) in [5.41, 5.74) is 3.54. The van der Waals surface area contributed by atoms with E-state index < -0.39 is 0 Å². The maximum Gasteiger partial charge on any atom is 0.259 e. The molecule has 0 saturated heterocycles. The van der Waals surface area contributed by atoms with E-state index in [1.165, 1.54) is 6.20 Å². The molecule has 2 N–H and O–H groups in total. The molecule has 2 aromatic carbocycles. The molecule has 1 amide bonds. The molecule has 29 heavy (non-hydrogen) atoms. The molecule has 0 fully saturated rings. The predicted octanol–water partition coefficient (Wildman–Crippen LogP) is 5.29. The lowest BCUT2D eigenvalue weighted by Crippen LogP contribution is -2.12. The summed E-state index contributed by atoms with van der Waals surface area (Å²) in [7, 11) is 0. The number of furan rings is 1. The number of carbonyl (C=O) groups is 1. The van der Waals surface area contributed by atoms with Crippen molar-refractivity contribution in [2.24, 2.45) is 0 Å². The number of aromatic amines is 1. The molecule has 0 aliphatic rings. The number of anilines is 1. The van der Waals surface area contributed by atoms with E-state index in [0.717, 1.165) is 16.9 Å². The van der Waals surface area contributed by atoms with Gasteiger partial charge >= 0.3 is 0 Å². The van der Waals surface area contributed by atoms with E-state index in [1.807, 2.05) is 48.5 Å². The van der Waals surface area contributed by atoms with Crippen LogP contribution in [0.2, 0.25) is 5.02 Å². The Morgan fingerprint density at radius 1 is 1.10 bits per heavy atom. The number of aromatic nitrogens is 2. The van der Waals surface area contributed by atoms with Crippen LogP contribution in [0.25, 0.3) is 11.3 Å². The summed E-state index contributed by atoms with van der Waals surface area (Å²) in [4.78, 5) is 12.8. The largest absolute Gasteiger partial charge is 0.467 e. The topological polar surface area (TPSA) is 80.2 Å². The highest BCUT2D eigenvalue weighted by molar-refractivity contribution is 6.30. The second-order valence-corrected chi connectivity index (χ2v) is 6.83. The average Bonchev–Trinajstić information content (AvgIpc) is 3.41. The van der Waals surface area contributed by atoms with Gasteiger partial charge in [0.2, 0.25) is 0 Å². The zero-order valence-electron chi connectivity index (χ0n) is 15.4. The van der Waals surface area contributed by atoms with Crippen LogP contribution in [0.15, 0.2) is 77.5 Å². The van der Waals surface area contributed by atoms with Crippen molar-refractivity contribution in [2.45, 2.75) is 13.2 Å². The van der Waals surface area contributed by atoms with Gasteiger partial charge in [0.05, 0.1) is 30.3 Å². The number of carbonyl (C=O) groups excluding carboxylic acids is 1. The monoisotopic (exact) mass is 407 g/mol. The summed E-state index contributed by atoms with van der Waals surface area (Å²) >= 11 is 5.94. The Morgan fingerprint density at radius 3 is 2.76 bits per heavy atom. The van der Waals surface area contributed by atoms with E-state index >= 15 is 0 Å². The maximum absolute atomic E-state index is 12.8. The Kier molecular flexibility index (Phi) is 5.74. The molecule has 0 unspecified atom stereocenters. The first kappa shape index (κ1) is 19.0. The third-order valence-corrected chi connectivity index (χ3v) is 4.55. The quantitative estimate of drug-likeness (QED) is 0.436. The summed E-state index contributed by atoms with van der Waals surface area (Å²) in [6.45, 7) is 0.801. The lowest BCUT2D eigenvalue weighted by Gasteiger charge is -2.08. The number of rotatable bonds is 7. The minimum absolute atomic E-state index is 0.252. The molecule has 4 rings (SSSR count). The highest BCUT2D eigenvalue weighted by atomic mass is 35.5. The smallest absolute Gasteiger partial charge is 0.259 e. The summed E-state index contributed by atoms with van der Waals surface area (Å²) in [5.74, 6) is 0.515. The first-order valence-electron chi connectivity index (χ1n) is 8.99. The predicted molar refractivity (Wildman–Crippen MR) is 111 cm³/mol. The molecule has 0 saturated carbocycles. The molecule has 0 spiro atoms. The van der Waals surface area contributed by atoms with Crippen molar-refractivity contribution in [2.75, 3.05) is 5.32 Å². The maximum atomic E-state index is 12.8. The van der Waals surface area contributed by atoms with Crippen molar-refractivity contribution >= 4 is 23.2 Å². The highest BCUT2D eigenvalue weighted by Gasteiger charge is 2.15. The van der Waals surface area contributed by atoms with Gasteiger partial charge in [-0.3, -0.25) is 9.89 Å². The minimum Gasteiger partial charge on any atom is -0.467 e. The summed E-state index contributed by atoms with van der Waals surface area (Å²) in [6, 6.07) is 18.4. The van der Waals surface area contributed by atoms with Gasteiger partial charge in [-0.1, -0.05) is 35.9 Å². The van der Waals surface area contributed by atoms with Crippen LogP contribution in [-0.4, -0.2) is 16.1 Å². The van der Waals surface area contributed by atoms with E-state index in [0.29, 0.717) is 35.2 Å². The Labute approximate surface area is 172 Å². The number of hydrogen-bond acceptors (Lipinski definition) is 4. The first-order chi connectivity index (χ1) is 14.2. The lowest BCUT2D eigenvalue weighted by atomic mass is 10.1. The zero-order valence-corrected chi connectivity index (χ0v) is 16.1. The van der Waals surface area contributed by atoms with Crippen molar-refractivity contribution in [1.29, 1.82) is 0 Å². The number of benzene rings is 2. The Balaban J connectivity index is 1.42. The van der Waals surface area contributed by atoms with Gasteiger partial charge in [-0.15, -0.1) is 0 Å². The second kappa shape index (κ2) is 8.77. The van der Waals surface area contributed by atoms with Crippen molar-refractivity contribution in [3.8, 4) is 11.3 Å². The number of nitrogens with one attached hydrogen (secondary N) is 2. The van der Waals surface area contributed by atoms with Gasteiger partial charge in [0.25, 0.3) is 5.91 Å². The molecule has 4 aromatic rings. The van der Waals surface area contributed by atoms with Crippen LogP contribution in [0, 0.1) is 0 Å². The van der Waals surface area contributed by atoms with Crippen molar-refractivity contribution < 1.29 is 13.9 Å². The van der Waals surface area contributed by atoms with E-state index in [2.05, 4.69) is 15.5 Å². The van der Waals surface area contributed by atoms with Gasteiger partial charge in [-0.05, 0) is 42.0 Å². The van der Waals surface area contributed by atoms with Crippen molar-refractivity contribution in [1.82, 2.24) is 10.2 Å². The highest BCUT2D eigenvalue weighted by Crippen LogP contribution is 2.24. The first-order valence-corrected chi connectivity index (χ1v) is 9.36. The van der Waals surface area contributed by atoms with Crippen LogP contribution in [0.5, 0.6) is 0 Å². The van der Waals surface area contributed by atoms with Gasteiger partial charge < -0.3 is 14.5 Å². The molecule has 0 bridgehead atoms. The number of nitrogens with zero attached hydrogens (tertiary/aromatic N) is 1. The van der Waals surface area contributed by atoms with E-state index in [1.54, 1.807) is 18.4 Å². The standard InChI is InChI=1S/C22H18ClN3O3/c23-17-8-6-16(7-9-17)21-20(12-24-26-21)22(27)25-18-4-1-3-15(11-18)13-28-14-19-5-2-10-29-19/h1-12H,13-14H2,(H,24,26)(H,25,27). The van der Waals surface area contributed by atoms with Crippen LogP contribution in [-0.2, 0) is 18.0 Å². The molecule has 6 nitrogen and oxygen atoms in total. The van der Waals surface area contributed by atoms with Crippen molar-refractivity contribution in [3.05, 3.63) is 95.0 Å². The van der Waals surface area contributed by atoms with E-state index in [4.69, 9.17) is 20.8 Å². The fourth-order valence-electron chi connectivity index (χ4n) is 2.90.